The van der Waals surface area contributed by atoms with E-state index in [1.54, 1.807) is 0 Å². The summed E-state index contributed by atoms with van der Waals surface area (Å²) in [5, 5.41) is 7.92. The minimum atomic E-state index is 1.22. The summed E-state index contributed by atoms with van der Waals surface area (Å²) >= 11 is 0. The highest BCUT2D eigenvalue weighted by Crippen LogP contribution is 2.37. The number of hydrogen-bond donors (Lipinski definition) is 0. The average molecular weight is 438 g/mol. The van der Waals surface area contributed by atoms with E-state index in [1.807, 2.05) is 41.5 Å². The van der Waals surface area contributed by atoms with E-state index < -0.39 is 0 Å². The van der Waals surface area contributed by atoms with Crippen LogP contribution in [0.1, 0.15) is 41.5 Å². The van der Waals surface area contributed by atoms with Crippen molar-refractivity contribution < 1.29 is 0 Å². The Labute approximate surface area is 200 Å². The van der Waals surface area contributed by atoms with Gasteiger partial charge in [0, 0.05) is 19.8 Å². The molecule has 5 rings (SSSR count). The Hall–Kier alpha value is -3.32. The van der Waals surface area contributed by atoms with Gasteiger partial charge in [-0.05, 0) is 61.6 Å². The second-order valence-electron chi connectivity index (χ2n) is 7.29. The highest BCUT2D eigenvalue weighted by atomic mass is 15.1. The second kappa shape index (κ2) is 12.6. The van der Waals surface area contributed by atoms with E-state index in [1.165, 1.54) is 49.1 Å². The van der Waals surface area contributed by atoms with Crippen LogP contribution in [0.5, 0.6) is 0 Å². The molecule has 0 heterocycles. The zero-order valence-electron chi connectivity index (χ0n) is 21.6. The number of fused-ring (bicyclic) bond motifs is 6. The van der Waals surface area contributed by atoms with Crippen LogP contribution in [0.4, 0.5) is 5.69 Å². The minimum absolute atomic E-state index is 1.22. The Morgan fingerprint density at radius 1 is 0.394 bits per heavy atom. The van der Waals surface area contributed by atoms with Crippen molar-refractivity contribution in [1.29, 1.82) is 0 Å². The molecule has 0 N–H and O–H groups in total. The third-order valence-corrected chi connectivity index (χ3v) is 5.46. The van der Waals surface area contributed by atoms with Crippen LogP contribution in [0, 0.1) is 0 Å². The van der Waals surface area contributed by atoms with Gasteiger partial charge in [0.15, 0.2) is 0 Å². The monoisotopic (exact) mass is 437 g/mol. The Kier molecular flexibility index (Phi) is 9.94. The number of rotatable bonds is 2. The molecule has 0 saturated carbocycles. The van der Waals surface area contributed by atoms with Crippen molar-refractivity contribution in [2.75, 3.05) is 19.0 Å². The van der Waals surface area contributed by atoms with Crippen molar-refractivity contribution in [3.63, 3.8) is 0 Å². The summed E-state index contributed by atoms with van der Waals surface area (Å²) in [7, 11) is 4.14. The fourth-order valence-electron chi connectivity index (χ4n) is 4.04. The van der Waals surface area contributed by atoms with Gasteiger partial charge in [0.1, 0.15) is 0 Å². The molecule has 0 aliphatic carbocycles. The summed E-state index contributed by atoms with van der Waals surface area (Å²) in [6.45, 7) is 12.0. The Bertz CT molecular complexity index is 1250. The molecule has 0 aliphatic rings. The molecule has 0 radical (unpaired) electrons. The third kappa shape index (κ3) is 5.37. The van der Waals surface area contributed by atoms with Gasteiger partial charge in [0.25, 0.3) is 0 Å². The van der Waals surface area contributed by atoms with Crippen molar-refractivity contribution in [2.24, 2.45) is 0 Å². The van der Waals surface area contributed by atoms with E-state index in [0.29, 0.717) is 0 Å². The lowest BCUT2D eigenvalue weighted by Gasteiger charge is -2.14. The summed E-state index contributed by atoms with van der Waals surface area (Å²) in [6, 6.07) is 33.1. The first kappa shape index (κ1) is 25.9. The molecule has 33 heavy (non-hydrogen) atoms. The molecule has 0 amide bonds. The van der Waals surface area contributed by atoms with Gasteiger partial charge in [-0.3, -0.25) is 0 Å². The van der Waals surface area contributed by atoms with Crippen molar-refractivity contribution in [3.05, 3.63) is 91.0 Å². The topological polar surface area (TPSA) is 3.24 Å². The highest BCUT2D eigenvalue weighted by Gasteiger charge is 2.09. The van der Waals surface area contributed by atoms with E-state index in [4.69, 9.17) is 0 Å². The van der Waals surface area contributed by atoms with Crippen LogP contribution < -0.4 is 4.90 Å². The standard InChI is InChI=1S/C26H21N.3C2H6/c1-27(2)20-14-11-18(12-15-20)19-13-16-25-23-9-4-3-7-21(23)22-8-5-6-10-24(22)26(25)17-19;3*1-2/h3-17H,1-2H3;3*1-2H3. The predicted molar refractivity (Wildman–Crippen MR) is 153 cm³/mol. The number of hydrogen-bond acceptors (Lipinski definition) is 1. The first-order valence-electron chi connectivity index (χ1n) is 12.3. The van der Waals surface area contributed by atoms with Gasteiger partial charge in [-0.1, -0.05) is 114 Å². The van der Waals surface area contributed by atoms with Crippen LogP contribution in [-0.4, -0.2) is 14.1 Å². The molecule has 1 heteroatoms. The third-order valence-electron chi connectivity index (χ3n) is 5.46. The zero-order valence-corrected chi connectivity index (χ0v) is 21.6. The smallest absolute Gasteiger partial charge is 0.0361 e. The SMILES string of the molecule is CC.CC.CC.CN(C)c1ccc(-c2ccc3c4ccccc4c4ccccc4c3c2)cc1. The number of nitrogens with zero attached hydrogens (tertiary/aromatic N) is 1. The molecule has 172 valence electrons. The molecule has 5 aromatic carbocycles. The van der Waals surface area contributed by atoms with E-state index in [0.717, 1.165) is 0 Å². The van der Waals surface area contributed by atoms with Crippen LogP contribution in [-0.2, 0) is 0 Å². The summed E-state index contributed by atoms with van der Waals surface area (Å²) in [4.78, 5) is 2.13. The average Bonchev–Trinajstić information content (AvgIpc) is 2.92. The maximum absolute atomic E-state index is 2.34. The van der Waals surface area contributed by atoms with E-state index in [-0.39, 0.29) is 0 Å². The highest BCUT2D eigenvalue weighted by molar-refractivity contribution is 6.25. The summed E-state index contributed by atoms with van der Waals surface area (Å²) in [5.41, 5.74) is 3.73. The molecule has 0 unspecified atom stereocenters. The van der Waals surface area contributed by atoms with E-state index in [2.05, 4.69) is 110 Å². The minimum Gasteiger partial charge on any atom is -0.378 e. The van der Waals surface area contributed by atoms with E-state index >= 15 is 0 Å². The van der Waals surface area contributed by atoms with Crippen LogP contribution in [0.2, 0.25) is 0 Å². The van der Waals surface area contributed by atoms with Gasteiger partial charge in [-0.2, -0.15) is 0 Å². The second-order valence-corrected chi connectivity index (χ2v) is 7.29. The van der Waals surface area contributed by atoms with Crippen molar-refractivity contribution >= 4 is 38.0 Å². The van der Waals surface area contributed by atoms with Crippen LogP contribution >= 0.6 is 0 Å². The summed E-state index contributed by atoms with van der Waals surface area (Å²) in [5.74, 6) is 0. The molecule has 0 spiro atoms. The first-order valence-corrected chi connectivity index (χ1v) is 12.3. The molecular weight excluding hydrogens is 398 g/mol. The summed E-state index contributed by atoms with van der Waals surface area (Å²) < 4.78 is 0. The normalized spacial score (nSPS) is 9.82. The predicted octanol–water partition coefficient (Wildman–Crippen LogP) is 9.96. The molecule has 0 saturated heterocycles. The van der Waals surface area contributed by atoms with E-state index in [9.17, 15) is 0 Å². The van der Waals surface area contributed by atoms with Gasteiger partial charge in [-0.15, -0.1) is 0 Å². The quantitative estimate of drug-likeness (QED) is 0.248. The Morgan fingerprint density at radius 3 is 1.18 bits per heavy atom. The van der Waals surface area contributed by atoms with Crippen molar-refractivity contribution in [3.8, 4) is 11.1 Å². The molecule has 0 aromatic heterocycles. The fraction of sp³-hybridized carbons (Fsp3) is 0.250. The van der Waals surface area contributed by atoms with Crippen molar-refractivity contribution in [1.82, 2.24) is 0 Å². The van der Waals surface area contributed by atoms with Gasteiger partial charge in [0.2, 0.25) is 0 Å². The maximum atomic E-state index is 2.34. The number of benzene rings is 5. The van der Waals surface area contributed by atoms with Gasteiger partial charge >= 0.3 is 0 Å². The molecule has 0 atom stereocenters. The summed E-state index contributed by atoms with van der Waals surface area (Å²) in [6.07, 6.45) is 0. The Balaban J connectivity index is 0.000000597. The Morgan fingerprint density at radius 2 is 0.758 bits per heavy atom. The van der Waals surface area contributed by atoms with Gasteiger partial charge in [0.05, 0.1) is 0 Å². The maximum Gasteiger partial charge on any atom is 0.0361 e. The van der Waals surface area contributed by atoms with Gasteiger partial charge in [-0.25, -0.2) is 0 Å². The van der Waals surface area contributed by atoms with Crippen LogP contribution in [0.25, 0.3) is 43.4 Å². The molecule has 0 aliphatic heterocycles. The lowest BCUT2D eigenvalue weighted by Crippen LogP contribution is -2.07. The fourth-order valence-corrected chi connectivity index (χ4v) is 4.04. The molecule has 0 bridgehead atoms. The van der Waals surface area contributed by atoms with Crippen LogP contribution in [0.15, 0.2) is 91.0 Å². The molecular formula is C32H39N. The zero-order chi connectivity index (χ0) is 24.4. The molecule has 1 nitrogen and oxygen atoms in total. The number of anilines is 1. The lowest BCUT2D eigenvalue weighted by atomic mass is 9.92. The van der Waals surface area contributed by atoms with Crippen molar-refractivity contribution in [2.45, 2.75) is 41.5 Å². The lowest BCUT2D eigenvalue weighted by molar-refractivity contribution is 1.13. The molecule has 5 aromatic rings. The van der Waals surface area contributed by atoms with Gasteiger partial charge < -0.3 is 4.90 Å². The first-order chi connectivity index (χ1) is 16.2. The molecule has 0 fully saturated rings. The largest absolute Gasteiger partial charge is 0.378 e. The van der Waals surface area contributed by atoms with Crippen LogP contribution in [0.3, 0.4) is 0 Å².